The van der Waals surface area contributed by atoms with E-state index in [0.29, 0.717) is 22.4 Å². The van der Waals surface area contributed by atoms with Crippen LogP contribution in [0.5, 0.6) is 5.75 Å². The van der Waals surface area contributed by atoms with Crippen LogP contribution >= 0.6 is 11.8 Å². The maximum Gasteiger partial charge on any atom is 0.328 e. The van der Waals surface area contributed by atoms with Gasteiger partial charge in [0.15, 0.2) is 5.96 Å². The molecule has 29 heteroatoms. The zero-order valence-electron chi connectivity index (χ0n) is 44.7. The number of thioether (sulfide) groups is 1. The fourth-order valence-electron chi connectivity index (χ4n) is 7.65. The number of aliphatic carboxylic acids is 1. The van der Waals surface area contributed by atoms with Crippen molar-refractivity contribution in [3.63, 3.8) is 0 Å². The molecular weight excluding hydrogens is 1080 g/mol. The largest absolute Gasteiger partial charge is 0.508 e. The highest BCUT2D eigenvalue weighted by molar-refractivity contribution is 7.98. The SMILES string of the molecule is CSCC[C@H](NC(=O)CNC(=O)[C@H](Cc1ccc(O)cc1)NC(=O)[C@H](CO)NC(=O)[C@H](CCCN=C(N)N)NC(=O)[C@H](Cc1ccccc1)NC(=O)[C@@H](NC(=O)[C@H](Cc1ccccc1)NC(=O)CN)[C@@H](C)O)C(=O)N[C@@H](CO)C(=O)O. The number of hydrogen-bond acceptors (Lipinski definition) is 17. The molecule has 0 aromatic heterocycles. The minimum Gasteiger partial charge on any atom is -0.508 e. The molecule has 0 heterocycles. The highest BCUT2D eigenvalue weighted by Gasteiger charge is 2.35. The first kappa shape index (κ1) is 66.9. The summed E-state index contributed by atoms with van der Waals surface area (Å²) in [5.41, 5.74) is 18.1. The smallest absolute Gasteiger partial charge is 0.328 e. The number of amides is 9. The lowest BCUT2D eigenvalue weighted by Crippen LogP contribution is -2.62. The van der Waals surface area contributed by atoms with Gasteiger partial charge in [0, 0.05) is 25.8 Å². The topological polar surface area (TPSA) is 471 Å². The molecule has 0 bridgehead atoms. The molecule has 3 aromatic carbocycles. The van der Waals surface area contributed by atoms with Crippen LogP contribution in [0.1, 0.15) is 42.9 Å². The lowest BCUT2D eigenvalue weighted by atomic mass is 10.0. The van der Waals surface area contributed by atoms with E-state index in [9.17, 15) is 73.5 Å². The number of nitrogens with zero attached hydrogens (tertiary/aromatic N) is 1. The van der Waals surface area contributed by atoms with E-state index in [1.54, 1.807) is 66.9 Å². The van der Waals surface area contributed by atoms with E-state index in [1.807, 2.05) is 0 Å². The number of guanidine groups is 1. The van der Waals surface area contributed by atoms with Crippen molar-refractivity contribution in [2.45, 2.75) is 99.9 Å². The Morgan fingerprint density at radius 3 is 1.48 bits per heavy atom. The number of carbonyl (C=O) groups is 10. The van der Waals surface area contributed by atoms with Crippen molar-refractivity contribution >= 4 is 76.9 Å². The van der Waals surface area contributed by atoms with Gasteiger partial charge in [0.1, 0.15) is 54.1 Å². The molecule has 442 valence electrons. The molecule has 81 heavy (non-hydrogen) atoms. The summed E-state index contributed by atoms with van der Waals surface area (Å²) >= 11 is 1.32. The van der Waals surface area contributed by atoms with Gasteiger partial charge in [0.05, 0.1) is 32.4 Å². The zero-order chi connectivity index (χ0) is 60.0. The molecule has 0 aliphatic rings. The Morgan fingerprint density at radius 2 is 0.975 bits per heavy atom. The lowest BCUT2D eigenvalue weighted by Gasteiger charge is -2.28. The van der Waals surface area contributed by atoms with E-state index in [-0.39, 0.29) is 56.8 Å². The molecule has 28 nitrogen and oxygen atoms in total. The van der Waals surface area contributed by atoms with Crippen molar-refractivity contribution in [1.82, 2.24) is 47.9 Å². The number of carboxylic acids is 1. The molecule has 3 aromatic rings. The van der Waals surface area contributed by atoms with Crippen molar-refractivity contribution in [2.75, 3.05) is 44.9 Å². The third-order valence-electron chi connectivity index (χ3n) is 12.0. The lowest BCUT2D eigenvalue weighted by molar-refractivity contribution is -0.143. The number of nitrogens with one attached hydrogen (secondary N) is 9. The zero-order valence-corrected chi connectivity index (χ0v) is 45.5. The highest BCUT2D eigenvalue weighted by Crippen LogP contribution is 2.13. The number of nitrogens with two attached hydrogens (primary N) is 3. The summed E-state index contributed by atoms with van der Waals surface area (Å²) in [6, 6.07) is 10.1. The van der Waals surface area contributed by atoms with Gasteiger partial charge in [-0.25, -0.2) is 4.79 Å². The van der Waals surface area contributed by atoms with Crippen LogP contribution in [0.15, 0.2) is 89.9 Å². The van der Waals surface area contributed by atoms with Crippen LogP contribution in [0.2, 0.25) is 0 Å². The minimum absolute atomic E-state index is 0.0232. The molecule has 0 saturated heterocycles. The minimum atomic E-state index is -1.81. The summed E-state index contributed by atoms with van der Waals surface area (Å²) < 4.78 is 0. The second-order valence-corrected chi connectivity index (χ2v) is 19.4. The Balaban J connectivity index is 1.89. The number of carboxylic acid groups (broad SMARTS) is 1. The molecule has 0 unspecified atom stereocenters. The van der Waals surface area contributed by atoms with Gasteiger partial charge in [0.2, 0.25) is 53.2 Å². The fourth-order valence-corrected chi connectivity index (χ4v) is 8.12. The Labute approximate surface area is 471 Å². The highest BCUT2D eigenvalue weighted by atomic mass is 32.2. The number of aliphatic imine (C=N–C) groups is 1. The number of aromatic hydroxyl groups is 1. The second-order valence-electron chi connectivity index (χ2n) is 18.4. The van der Waals surface area contributed by atoms with Gasteiger partial charge >= 0.3 is 5.97 Å². The molecule has 3 rings (SSSR count). The van der Waals surface area contributed by atoms with Crippen LogP contribution < -0.4 is 65.1 Å². The monoisotopic (exact) mass is 1150 g/mol. The summed E-state index contributed by atoms with van der Waals surface area (Å²) in [5.74, 6) is -10.1. The summed E-state index contributed by atoms with van der Waals surface area (Å²) in [4.78, 5) is 138. The second kappa shape index (κ2) is 35.3. The maximum absolute atomic E-state index is 14.4. The standard InChI is InChI=1S/C52H73N13O15S/c1-29(68)43(65-48(76)37(59-41(70)25-53)22-30-10-5-3-6-11-30)50(78)62-38(23-31-12-7-4-8-13-31)47(75)60-34(14-9-20-56-52(54)55)45(73)63-39(27-66)49(77)61-36(24-32-15-17-33(69)18-16-32)44(72)57-26-42(71)58-35(19-21-81-2)46(74)64-40(28-67)51(79)80/h3-8,10-13,15-18,29,34-40,43,66-69H,9,14,19-28,53H2,1-2H3,(H,57,72)(H,58,71)(H,59,70)(H,60,75)(H,61,77)(H,62,78)(H,63,73)(H,64,74)(H,65,76)(H,79,80)(H4,54,55,56)/t29-,34+,35+,36+,37+,38+,39+,40+,43+/m1/s1. The molecule has 0 spiro atoms. The molecule has 0 aliphatic heterocycles. The van der Waals surface area contributed by atoms with Crippen LogP contribution in [0, 0.1) is 0 Å². The van der Waals surface area contributed by atoms with E-state index in [0.717, 1.165) is 0 Å². The molecule has 20 N–H and O–H groups in total. The number of hydrogen-bond donors (Lipinski definition) is 17. The Hall–Kier alpha value is -8.38. The first-order valence-corrected chi connectivity index (χ1v) is 26.9. The van der Waals surface area contributed by atoms with Crippen LogP contribution in [0.25, 0.3) is 0 Å². The number of aliphatic hydroxyl groups excluding tert-OH is 3. The average molecular weight is 1150 g/mol. The Bertz CT molecular complexity index is 2600. The van der Waals surface area contributed by atoms with Gasteiger partial charge in [-0.2, -0.15) is 11.8 Å². The van der Waals surface area contributed by atoms with Crippen molar-refractivity contribution in [3.05, 3.63) is 102 Å². The van der Waals surface area contributed by atoms with Crippen LogP contribution in [-0.2, 0) is 67.2 Å². The third-order valence-corrected chi connectivity index (χ3v) is 12.6. The van der Waals surface area contributed by atoms with Gasteiger partial charge < -0.3 is 90.6 Å². The first-order chi connectivity index (χ1) is 38.6. The number of rotatable bonds is 35. The quantitative estimate of drug-likeness (QED) is 0.0149. The van der Waals surface area contributed by atoms with E-state index >= 15 is 0 Å². The summed E-state index contributed by atoms with van der Waals surface area (Å²) in [5, 5.41) is 71.7. The summed E-state index contributed by atoms with van der Waals surface area (Å²) in [6.07, 6.45) is -0.484. The number of phenols is 1. The molecule has 0 saturated carbocycles. The van der Waals surface area contributed by atoms with Gasteiger partial charge in [-0.15, -0.1) is 0 Å². The van der Waals surface area contributed by atoms with Crippen molar-refractivity contribution < 1.29 is 73.5 Å². The first-order valence-electron chi connectivity index (χ1n) is 25.5. The van der Waals surface area contributed by atoms with Crippen molar-refractivity contribution in [2.24, 2.45) is 22.2 Å². The molecule has 0 radical (unpaired) electrons. The predicted octanol–water partition coefficient (Wildman–Crippen LogP) is -5.37. The van der Waals surface area contributed by atoms with Gasteiger partial charge in [0.25, 0.3) is 0 Å². The van der Waals surface area contributed by atoms with Crippen molar-refractivity contribution in [1.29, 1.82) is 0 Å². The number of carbonyl (C=O) groups excluding carboxylic acids is 9. The molecule has 9 amide bonds. The number of aliphatic hydroxyl groups is 3. The van der Waals surface area contributed by atoms with Crippen LogP contribution in [-0.4, -0.2) is 190 Å². The van der Waals surface area contributed by atoms with E-state index < -0.39 is 140 Å². The number of phenolic OH excluding ortho intramolecular Hbond substituents is 1. The molecular formula is C52H73N13O15S. The van der Waals surface area contributed by atoms with Crippen molar-refractivity contribution in [3.8, 4) is 5.75 Å². The summed E-state index contributed by atoms with van der Waals surface area (Å²) in [6.45, 7) is -2.05. The maximum atomic E-state index is 14.4. The molecule has 0 fully saturated rings. The average Bonchev–Trinajstić information content (AvgIpc) is 3.44. The molecule has 9 atom stereocenters. The van der Waals surface area contributed by atoms with Gasteiger partial charge in [-0.1, -0.05) is 72.8 Å². The van der Waals surface area contributed by atoms with E-state index in [2.05, 4.69) is 52.8 Å². The predicted molar refractivity (Wildman–Crippen MR) is 296 cm³/mol. The Kier molecular flexibility index (Phi) is 29.1. The van der Waals surface area contributed by atoms with Gasteiger partial charge in [-0.3, -0.25) is 48.1 Å². The number of benzene rings is 3. The Morgan fingerprint density at radius 1 is 0.543 bits per heavy atom. The normalized spacial score (nSPS) is 14.2. The van der Waals surface area contributed by atoms with Gasteiger partial charge in [-0.05, 0) is 67.0 Å². The molecule has 0 aliphatic carbocycles. The van der Waals surface area contributed by atoms with E-state index in [4.69, 9.17) is 17.2 Å². The van der Waals surface area contributed by atoms with Crippen LogP contribution in [0.3, 0.4) is 0 Å². The van der Waals surface area contributed by atoms with E-state index in [1.165, 1.54) is 43.0 Å². The summed E-state index contributed by atoms with van der Waals surface area (Å²) in [7, 11) is 0. The third kappa shape index (κ3) is 24.3. The fraction of sp³-hybridized carbons (Fsp3) is 0.442. The van der Waals surface area contributed by atoms with Crippen LogP contribution in [0.4, 0.5) is 0 Å².